The summed E-state index contributed by atoms with van der Waals surface area (Å²) in [7, 11) is -2.08. The molecule has 20 heavy (non-hydrogen) atoms. The van der Waals surface area contributed by atoms with Gasteiger partial charge in [0.2, 0.25) is 0 Å². The highest BCUT2D eigenvalue weighted by Crippen LogP contribution is 2.25. The Labute approximate surface area is 118 Å². The molecular weight excluding hydrogens is 278 g/mol. The predicted molar refractivity (Wildman–Crippen MR) is 76.6 cm³/mol. The second-order valence-corrected chi connectivity index (χ2v) is 6.17. The van der Waals surface area contributed by atoms with Crippen LogP contribution in [0, 0.1) is 20.8 Å². The molecule has 0 unspecified atom stereocenters. The molecule has 0 aliphatic rings. The van der Waals surface area contributed by atoms with Crippen LogP contribution in [0.1, 0.15) is 17.0 Å². The van der Waals surface area contributed by atoms with Gasteiger partial charge in [-0.05, 0) is 44.5 Å². The van der Waals surface area contributed by atoms with Gasteiger partial charge in [0.1, 0.15) is 10.6 Å². The van der Waals surface area contributed by atoms with Crippen molar-refractivity contribution in [2.24, 2.45) is 0 Å². The molecule has 0 bridgehead atoms. The van der Waals surface area contributed by atoms with Crippen molar-refractivity contribution in [2.75, 3.05) is 11.8 Å². The van der Waals surface area contributed by atoms with Crippen LogP contribution in [-0.2, 0) is 10.0 Å². The lowest BCUT2D eigenvalue weighted by atomic mass is 10.2. The van der Waals surface area contributed by atoms with Gasteiger partial charge in [-0.3, -0.25) is 9.82 Å². The van der Waals surface area contributed by atoms with Gasteiger partial charge in [0.05, 0.1) is 18.5 Å². The van der Waals surface area contributed by atoms with Gasteiger partial charge < -0.3 is 4.74 Å². The molecule has 0 amide bonds. The molecule has 0 fully saturated rings. The number of H-pyrrole nitrogens is 1. The highest BCUT2D eigenvalue weighted by Gasteiger charge is 2.22. The summed E-state index contributed by atoms with van der Waals surface area (Å²) >= 11 is 0. The van der Waals surface area contributed by atoms with Crippen LogP contribution in [0.5, 0.6) is 5.75 Å². The molecule has 6 nitrogen and oxygen atoms in total. The smallest absolute Gasteiger partial charge is 0.265 e. The molecular formula is C13H17N3O3S. The van der Waals surface area contributed by atoms with Crippen LogP contribution in [0.2, 0.25) is 0 Å². The number of hydrogen-bond acceptors (Lipinski definition) is 4. The van der Waals surface area contributed by atoms with Gasteiger partial charge in [-0.15, -0.1) is 0 Å². The molecule has 0 aliphatic heterocycles. The van der Waals surface area contributed by atoms with Crippen molar-refractivity contribution in [1.29, 1.82) is 0 Å². The second kappa shape index (κ2) is 5.16. The maximum absolute atomic E-state index is 12.4. The third kappa shape index (κ3) is 2.62. The third-order valence-electron chi connectivity index (χ3n) is 2.98. The Kier molecular flexibility index (Phi) is 3.71. The number of hydrogen-bond donors (Lipinski definition) is 2. The van der Waals surface area contributed by atoms with Crippen molar-refractivity contribution in [3.63, 3.8) is 0 Å². The fourth-order valence-corrected chi connectivity index (χ4v) is 3.51. The van der Waals surface area contributed by atoms with Crippen LogP contribution < -0.4 is 9.46 Å². The van der Waals surface area contributed by atoms with Gasteiger partial charge in [-0.25, -0.2) is 8.42 Å². The molecule has 2 N–H and O–H groups in total. The molecule has 1 heterocycles. The summed E-state index contributed by atoms with van der Waals surface area (Å²) in [4.78, 5) is 0.186. The largest absolute Gasteiger partial charge is 0.496 e. The molecule has 1 aromatic carbocycles. The average Bonchev–Trinajstić information content (AvgIpc) is 2.69. The Hall–Kier alpha value is -2.02. The third-order valence-corrected chi connectivity index (χ3v) is 4.62. The molecule has 0 radical (unpaired) electrons. The SMILES string of the molecule is COc1ccc(NS(=O)(=O)c2c(C)n[nH]c2C)cc1C. The first kappa shape index (κ1) is 14.4. The lowest BCUT2D eigenvalue weighted by Crippen LogP contribution is -2.14. The second-order valence-electron chi connectivity index (χ2n) is 4.55. The van der Waals surface area contributed by atoms with Crippen molar-refractivity contribution in [1.82, 2.24) is 10.2 Å². The zero-order valence-corrected chi connectivity index (χ0v) is 12.6. The standard InChI is InChI=1S/C13H17N3O3S/c1-8-7-11(5-6-12(8)19-4)16-20(17,18)13-9(2)14-15-10(13)3/h5-7,16H,1-4H3,(H,14,15). The minimum atomic E-state index is -3.65. The van der Waals surface area contributed by atoms with Gasteiger partial charge in [-0.2, -0.15) is 5.10 Å². The van der Waals surface area contributed by atoms with Crippen LogP contribution in [-0.4, -0.2) is 25.7 Å². The lowest BCUT2D eigenvalue weighted by Gasteiger charge is -2.10. The van der Waals surface area contributed by atoms with E-state index in [1.54, 1.807) is 39.2 Å². The number of nitrogens with zero attached hydrogens (tertiary/aromatic N) is 1. The Bertz CT molecular complexity index is 716. The van der Waals surface area contributed by atoms with E-state index in [1.165, 1.54) is 0 Å². The van der Waals surface area contributed by atoms with Crippen molar-refractivity contribution < 1.29 is 13.2 Å². The summed E-state index contributed by atoms with van der Waals surface area (Å²) in [5.74, 6) is 0.712. The van der Waals surface area contributed by atoms with E-state index in [9.17, 15) is 8.42 Å². The molecule has 7 heteroatoms. The number of rotatable bonds is 4. The fourth-order valence-electron chi connectivity index (χ4n) is 2.08. The molecule has 108 valence electrons. The quantitative estimate of drug-likeness (QED) is 0.905. The minimum absolute atomic E-state index is 0.186. The van der Waals surface area contributed by atoms with Crippen LogP contribution in [0.25, 0.3) is 0 Å². The maximum atomic E-state index is 12.4. The van der Waals surface area contributed by atoms with Crippen molar-refractivity contribution in [3.05, 3.63) is 35.2 Å². The molecule has 0 atom stereocenters. The van der Waals surface area contributed by atoms with E-state index < -0.39 is 10.0 Å². The summed E-state index contributed by atoms with van der Waals surface area (Å²) in [5, 5.41) is 6.57. The predicted octanol–water partition coefficient (Wildman–Crippen LogP) is 2.14. The zero-order valence-electron chi connectivity index (χ0n) is 11.8. The summed E-state index contributed by atoms with van der Waals surface area (Å²) < 4.78 is 32.4. The Balaban J connectivity index is 2.36. The van der Waals surface area contributed by atoms with Crippen LogP contribution in [0.15, 0.2) is 23.1 Å². The maximum Gasteiger partial charge on any atom is 0.265 e. The number of ether oxygens (including phenoxy) is 1. The van der Waals surface area contributed by atoms with E-state index in [0.29, 0.717) is 22.8 Å². The van der Waals surface area contributed by atoms with E-state index in [1.807, 2.05) is 6.92 Å². The number of aromatic nitrogens is 2. The number of aryl methyl sites for hydroxylation is 3. The Morgan fingerprint density at radius 2 is 1.95 bits per heavy atom. The van der Waals surface area contributed by atoms with Crippen LogP contribution in [0.3, 0.4) is 0 Å². The lowest BCUT2D eigenvalue weighted by molar-refractivity contribution is 0.412. The van der Waals surface area contributed by atoms with Gasteiger partial charge in [-0.1, -0.05) is 0 Å². The van der Waals surface area contributed by atoms with E-state index >= 15 is 0 Å². The molecule has 2 aromatic rings. The highest BCUT2D eigenvalue weighted by atomic mass is 32.2. The van der Waals surface area contributed by atoms with Gasteiger partial charge >= 0.3 is 0 Å². The number of anilines is 1. The first-order valence-electron chi connectivity index (χ1n) is 6.04. The summed E-state index contributed by atoms with van der Waals surface area (Å²) in [6.07, 6.45) is 0. The summed E-state index contributed by atoms with van der Waals surface area (Å²) in [6.45, 7) is 5.18. The Morgan fingerprint density at radius 3 is 2.45 bits per heavy atom. The molecule has 2 rings (SSSR count). The number of nitrogens with one attached hydrogen (secondary N) is 2. The first-order valence-corrected chi connectivity index (χ1v) is 7.52. The molecule has 0 spiro atoms. The van der Waals surface area contributed by atoms with Crippen molar-refractivity contribution in [3.8, 4) is 5.75 Å². The topological polar surface area (TPSA) is 84.1 Å². The zero-order chi connectivity index (χ0) is 14.9. The van der Waals surface area contributed by atoms with Crippen molar-refractivity contribution in [2.45, 2.75) is 25.7 Å². The fraction of sp³-hybridized carbons (Fsp3) is 0.308. The van der Waals surface area contributed by atoms with E-state index in [0.717, 1.165) is 5.56 Å². The summed E-state index contributed by atoms with van der Waals surface area (Å²) in [5.41, 5.74) is 2.30. The van der Waals surface area contributed by atoms with Gasteiger partial charge in [0, 0.05) is 5.69 Å². The minimum Gasteiger partial charge on any atom is -0.496 e. The first-order chi connectivity index (χ1) is 9.35. The molecule has 0 saturated heterocycles. The number of sulfonamides is 1. The van der Waals surface area contributed by atoms with E-state index in [2.05, 4.69) is 14.9 Å². The van der Waals surface area contributed by atoms with Crippen LogP contribution in [0.4, 0.5) is 5.69 Å². The monoisotopic (exact) mass is 295 g/mol. The summed E-state index contributed by atoms with van der Waals surface area (Å²) in [6, 6.07) is 5.11. The van der Waals surface area contributed by atoms with Gasteiger partial charge in [0.25, 0.3) is 10.0 Å². The van der Waals surface area contributed by atoms with Gasteiger partial charge in [0.15, 0.2) is 0 Å². The van der Waals surface area contributed by atoms with Crippen LogP contribution >= 0.6 is 0 Å². The molecule has 0 saturated carbocycles. The van der Waals surface area contributed by atoms with E-state index in [-0.39, 0.29) is 4.90 Å². The van der Waals surface area contributed by atoms with Crippen molar-refractivity contribution >= 4 is 15.7 Å². The average molecular weight is 295 g/mol. The van der Waals surface area contributed by atoms with E-state index in [4.69, 9.17) is 4.74 Å². The normalized spacial score (nSPS) is 11.4. The number of methoxy groups -OCH3 is 1. The number of aromatic amines is 1. The molecule has 0 aliphatic carbocycles. The highest BCUT2D eigenvalue weighted by molar-refractivity contribution is 7.92. The molecule has 1 aromatic heterocycles. The Morgan fingerprint density at radius 1 is 1.25 bits per heavy atom. The number of benzene rings is 1.